The highest BCUT2D eigenvalue weighted by Gasteiger charge is 2.03. The van der Waals surface area contributed by atoms with E-state index in [2.05, 4.69) is 48.8 Å². The van der Waals surface area contributed by atoms with Gasteiger partial charge < -0.3 is 10.6 Å². The first-order chi connectivity index (χ1) is 20.2. The van der Waals surface area contributed by atoms with Crippen molar-refractivity contribution in [2.75, 3.05) is 6.67 Å². The fourth-order valence-corrected chi connectivity index (χ4v) is 5.13. The molecule has 0 aromatic rings. The average Bonchev–Trinajstić information content (AvgIpc) is 2.97. The van der Waals surface area contributed by atoms with Crippen molar-refractivity contribution < 1.29 is 9.59 Å². The zero-order valence-corrected chi connectivity index (χ0v) is 27.6. The van der Waals surface area contributed by atoms with Gasteiger partial charge in [-0.2, -0.15) is 0 Å². The van der Waals surface area contributed by atoms with Crippen LogP contribution in [0, 0.1) is 0 Å². The molecule has 2 N–H and O–H groups in total. The van der Waals surface area contributed by atoms with E-state index in [0.29, 0.717) is 12.8 Å². The molecule has 0 radical (unpaired) electrons. The van der Waals surface area contributed by atoms with Gasteiger partial charge in [0.1, 0.15) is 0 Å². The maximum Gasteiger partial charge on any atom is 0.221 e. The van der Waals surface area contributed by atoms with Crippen molar-refractivity contribution in [3.05, 3.63) is 24.3 Å². The van der Waals surface area contributed by atoms with E-state index in [1.54, 1.807) is 0 Å². The highest BCUT2D eigenvalue weighted by Crippen LogP contribution is 2.11. The van der Waals surface area contributed by atoms with Gasteiger partial charge in [0.25, 0.3) is 0 Å². The van der Waals surface area contributed by atoms with Crippen molar-refractivity contribution in [2.24, 2.45) is 0 Å². The number of unbranched alkanes of at least 4 members (excludes halogenated alkanes) is 22. The smallest absolute Gasteiger partial charge is 0.221 e. The highest BCUT2D eigenvalue weighted by molar-refractivity contribution is 5.78. The van der Waals surface area contributed by atoms with Crippen molar-refractivity contribution in [1.82, 2.24) is 10.6 Å². The number of carbonyl (C=O) groups excluding carboxylic acids is 2. The van der Waals surface area contributed by atoms with Gasteiger partial charge in [0.05, 0.1) is 6.67 Å². The molecule has 41 heavy (non-hydrogen) atoms. The van der Waals surface area contributed by atoms with Crippen LogP contribution in [-0.2, 0) is 9.59 Å². The first kappa shape index (κ1) is 39.4. The van der Waals surface area contributed by atoms with Crippen LogP contribution in [0.5, 0.6) is 0 Å². The van der Waals surface area contributed by atoms with Crippen LogP contribution in [0.15, 0.2) is 24.3 Å². The number of hydrogen-bond donors (Lipinski definition) is 2. The molecule has 0 saturated heterocycles. The van der Waals surface area contributed by atoms with Crippen molar-refractivity contribution >= 4 is 11.8 Å². The molecule has 0 rings (SSSR count). The van der Waals surface area contributed by atoms with E-state index in [-0.39, 0.29) is 18.5 Å². The van der Waals surface area contributed by atoms with Gasteiger partial charge in [-0.15, -0.1) is 0 Å². The largest absolute Gasteiger partial charge is 0.339 e. The molecule has 0 heterocycles. The second-order valence-electron chi connectivity index (χ2n) is 12.0. The Bertz CT molecular complexity index is 562. The minimum Gasteiger partial charge on any atom is -0.339 e. The molecular formula is C37H70N2O2. The Morgan fingerprint density at radius 3 is 0.976 bits per heavy atom. The summed E-state index contributed by atoms with van der Waals surface area (Å²) in [5.41, 5.74) is 0. The summed E-state index contributed by atoms with van der Waals surface area (Å²) in [6, 6.07) is 0. The second-order valence-corrected chi connectivity index (χ2v) is 12.0. The molecule has 0 aromatic carbocycles. The Morgan fingerprint density at radius 2 is 0.659 bits per heavy atom. The van der Waals surface area contributed by atoms with E-state index >= 15 is 0 Å². The maximum absolute atomic E-state index is 12.0. The third-order valence-corrected chi connectivity index (χ3v) is 7.90. The minimum absolute atomic E-state index is 0.0453. The van der Waals surface area contributed by atoms with E-state index in [9.17, 15) is 9.59 Å². The molecule has 0 unspecified atom stereocenters. The lowest BCUT2D eigenvalue weighted by Crippen LogP contribution is -2.37. The van der Waals surface area contributed by atoms with Crippen molar-refractivity contribution in [3.8, 4) is 0 Å². The predicted molar refractivity (Wildman–Crippen MR) is 180 cm³/mol. The third kappa shape index (κ3) is 34.5. The number of rotatable bonds is 32. The summed E-state index contributed by atoms with van der Waals surface area (Å²) >= 11 is 0. The summed E-state index contributed by atoms with van der Waals surface area (Å²) in [6.45, 7) is 4.79. The van der Waals surface area contributed by atoms with E-state index in [1.165, 1.54) is 141 Å². The Balaban J connectivity index is 3.35. The molecule has 0 aliphatic carbocycles. The van der Waals surface area contributed by atoms with Gasteiger partial charge in [0.2, 0.25) is 11.8 Å². The zero-order chi connectivity index (χ0) is 29.9. The van der Waals surface area contributed by atoms with Crippen LogP contribution in [0.3, 0.4) is 0 Å². The maximum atomic E-state index is 12.0. The minimum atomic E-state index is 0.0453. The molecule has 0 saturated carbocycles. The normalized spacial score (nSPS) is 11.6. The van der Waals surface area contributed by atoms with Gasteiger partial charge in [0.15, 0.2) is 0 Å². The first-order valence-corrected chi connectivity index (χ1v) is 18.0. The molecule has 4 nitrogen and oxygen atoms in total. The zero-order valence-electron chi connectivity index (χ0n) is 27.6. The van der Waals surface area contributed by atoms with E-state index < -0.39 is 0 Å². The topological polar surface area (TPSA) is 58.2 Å². The highest BCUT2D eigenvalue weighted by atomic mass is 16.2. The summed E-state index contributed by atoms with van der Waals surface area (Å²) in [4.78, 5) is 24.0. The first-order valence-electron chi connectivity index (χ1n) is 18.0. The Morgan fingerprint density at radius 1 is 0.390 bits per heavy atom. The lowest BCUT2D eigenvalue weighted by Gasteiger charge is -2.07. The van der Waals surface area contributed by atoms with Crippen LogP contribution >= 0.6 is 0 Å². The number of hydrogen-bond acceptors (Lipinski definition) is 2. The van der Waals surface area contributed by atoms with Crippen LogP contribution in [0.1, 0.15) is 194 Å². The average molecular weight is 575 g/mol. The number of allylic oxidation sites excluding steroid dienone is 4. The van der Waals surface area contributed by atoms with Gasteiger partial charge in [-0.3, -0.25) is 9.59 Å². The summed E-state index contributed by atoms with van der Waals surface area (Å²) in [7, 11) is 0. The molecule has 0 bridgehead atoms. The van der Waals surface area contributed by atoms with E-state index in [1.807, 2.05) is 0 Å². The fourth-order valence-electron chi connectivity index (χ4n) is 5.13. The monoisotopic (exact) mass is 575 g/mol. The number of carbonyl (C=O) groups is 2. The molecule has 0 aliphatic heterocycles. The van der Waals surface area contributed by atoms with Crippen LogP contribution < -0.4 is 10.6 Å². The molecule has 4 heteroatoms. The summed E-state index contributed by atoms with van der Waals surface area (Å²) < 4.78 is 0. The van der Waals surface area contributed by atoms with Gasteiger partial charge >= 0.3 is 0 Å². The molecule has 0 fully saturated rings. The van der Waals surface area contributed by atoms with Crippen LogP contribution in [0.2, 0.25) is 0 Å². The summed E-state index contributed by atoms with van der Waals surface area (Å²) in [6.07, 6.45) is 43.3. The standard InChI is InChI=1S/C37H70N2O2/c1-3-5-7-9-11-13-15-17-19-21-23-25-27-29-31-33-36(40)38-35-39-37(41)34-32-30-28-26-24-22-20-18-16-14-12-10-8-6-4-2/h17-20H,3-16,21-35H2,1-2H3,(H,38,40)(H,39,41)/b19-17+,20-18+. The summed E-state index contributed by atoms with van der Waals surface area (Å²) in [5.74, 6) is 0.0906. The van der Waals surface area contributed by atoms with Gasteiger partial charge in [0, 0.05) is 12.8 Å². The molecule has 0 atom stereocenters. The molecular weight excluding hydrogens is 504 g/mol. The lowest BCUT2D eigenvalue weighted by molar-refractivity contribution is -0.123. The molecule has 0 spiro atoms. The quantitative estimate of drug-likeness (QED) is 0.0477. The van der Waals surface area contributed by atoms with Gasteiger partial charge in [-0.05, 0) is 64.2 Å². The predicted octanol–water partition coefficient (Wildman–Crippen LogP) is 11.3. The molecule has 0 aliphatic rings. The van der Waals surface area contributed by atoms with Crippen LogP contribution in [-0.4, -0.2) is 18.5 Å². The van der Waals surface area contributed by atoms with Crippen LogP contribution in [0.25, 0.3) is 0 Å². The Labute approximate surface area is 256 Å². The van der Waals surface area contributed by atoms with E-state index in [4.69, 9.17) is 0 Å². The molecule has 2 amide bonds. The van der Waals surface area contributed by atoms with Crippen molar-refractivity contribution in [2.45, 2.75) is 194 Å². The van der Waals surface area contributed by atoms with Crippen LogP contribution in [0.4, 0.5) is 0 Å². The summed E-state index contributed by atoms with van der Waals surface area (Å²) in [5, 5.41) is 5.66. The van der Waals surface area contributed by atoms with Crippen molar-refractivity contribution in [1.29, 1.82) is 0 Å². The fraction of sp³-hybridized carbons (Fsp3) is 0.838. The van der Waals surface area contributed by atoms with E-state index in [0.717, 1.165) is 25.7 Å². The molecule has 240 valence electrons. The number of nitrogens with one attached hydrogen (secondary N) is 2. The van der Waals surface area contributed by atoms with Gasteiger partial charge in [-0.1, -0.05) is 141 Å². The SMILES string of the molecule is CCCCCCCC/C=C/CCCCCCCC(=O)NCNC(=O)CCCCCCC/C=C/CCCCCCCC. The molecule has 0 aromatic heterocycles. The Hall–Kier alpha value is -1.58. The van der Waals surface area contributed by atoms with Crippen molar-refractivity contribution in [3.63, 3.8) is 0 Å². The lowest BCUT2D eigenvalue weighted by atomic mass is 10.1. The number of amides is 2. The van der Waals surface area contributed by atoms with Gasteiger partial charge in [-0.25, -0.2) is 0 Å². The third-order valence-electron chi connectivity index (χ3n) is 7.90. The second kappa shape index (κ2) is 34.6. The Kier molecular flexibility index (Phi) is 33.3.